The molecule has 0 saturated carbocycles. The summed E-state index contributed by atoms with van der Waals surface area (Å²) in [5, 5.41) is 0. The SMILES string of the molecule is CCC(=O)c1c(-c2ccccc2)nsc1CN1CCCC1.Cl. The molecule has 0 radical (unpaired) electrons. The normalized spacial score (nSPS) is 14.8. The lowest BCUT2D eigenvalue weighted by molar-refractivity contribution is 0.0987. The van der Waals surface area contributed by atoms with Crippen LogP contribution >= 0.6 is 23.9 Å². The van der Waals surface area contributed by atoms with Crippen molar-refractivity contribution in [3.05, 3.63) is 40.8 Å². The third-order valence-corrected chi connectivity index (χ3v) is 4.80. The van der Waals surface area contributed by atoms with Gasteiger partial charge in [-0.15, -0.1) is 12.4 Å². The van der Waals surface area contributed by atoms with Gasteiger partial charge in [0.05, 0.1) is 16.1 Å². The molecule has 0 bridgehead atoms. The Hall–Kier alpha value is -1.23. The summed E-state index contributed by atoms with van der Waals surface area (Å²) in [5.41, 5.74) is 2.75. The first-order valence-corrected chi connectivity index (χ1v) is 8.36. The highest BCUT2D eigenvalue weighted by Gasteiger charge is 2.23. The van der Waals surface area contributed by atoms with Crippen LogP contribution in [0.3, 0.4) is 0 Å². The van der Waals surface area contributed by atoms with Crippen LogP contribution in [-0.2, 0) is 6.54 Å². The summed E-state index contributed by atoms with van der Waals surface area (Å²) >= 11 is 1.49. The van der Waals surface area contributed by atoms with Gasteiger partial charge in [-0.25, -0.2) is 0 Å². The van der Waals surface area contributed by atoms with E-state index in [1.807, 2.05) is 37.3 Å². The van der Waals surface area contributed by atoms with Crippen molar-refractivity contribution in [2.75, 3.05) is 13.1 Å². The quantitative estimate of drug-likeness (QED) is 0.758. The minimum absolute atomic E-state index is 0. The highest BCUT2D eigenvalue weighted by atomic mass is 35.5. The smallest absolute Gasteiger partial charge is 0.166 e. The fourth-order valence-corrected chi connectivity index (χ4v) is 3.77. The zero-order chi connectivity index (χ0) is 14.7. The van der Waals surface area contributed by atoms with Gasteiger partial charge >= 0.3 is 0 Å². The van der Waals surface area contributed by atoms with Crippen molar-refractivity contribution in [3.63, 3.8) is 0 Å². The average Bonchev–Trinajstić information content (AvgIpc) is 3.17. The van der Waals surface area contributed by atoms with Gasteiger partial charge in [-0.3, -0.25) is 9.69 Å². The minimum Gasteiger partial charge on any atom is -0.298 e. The number of nitrogens with zero attached hydrogens (tertiary/aromatic N) is 2. The molecular formula is C17H21ClN2OS. The molecule has 1 aromatic carbocycles. The van der Waals surface area contributed by atoms with Gasteiger partial charge in [0.2, 0.25) is 0 Å². The first-order chi connectivity index (χ1) is 10.3. The molecule has 0 N–H and O–H groups in total. The number of benzene rings is 1. The molecule has 0 amide bonds. The van der Waals surface area contributed by atoms with Crippen molar-refractivity contribution in [2.24, 2.45) is 0 Å². The first kappa shape index (κ1) is 17.1. The Morgan fingerprint density at radius 2 is 1.91 bits per heavy atom. The Balaban J connectivity index is 0.00000176. The second kappa shape index (κ2) is 7.86. The second-order valence-corrected chi connectivity index (χ2v) is 6.31. The maximum absolute atomic E-state index is 12.4. The van der Waals surface area contributed by atoms with Crippen molar-refractivity contribution in [3.8, 4) is 11.3 Å². The molecular weight excluding hydrogens is 316 g/mol. The highest BCUT2D eigenvalue weighted by Crippen LogP contribution is 2.31. The van der Waals surface area contributed by atoms with E-state index in [9.17, 15) is 4.79 Å². The predicted octanol–water partition coefficient (Wildman–Crippen LogP) is 4.42. The van der Waals surface area contributed by atoms with Gasteiger partial charge in [0, 0.05) is 18.5 Å². The van der Waals surface area contributed by atoms with Crippen LogP contribution in [-0.4, -0.2) is 28.1 Å². The summed E-state index contributed by atoms with van der Waals surface area (Å²) in [5.74, 6) is 0.205. The number of halogens is 1. The van der Waals surface area contributed by atoms with E-state index in [4.69, 9.17) is 0 Å². The van der Waals surface area contributed by atoms with Gasteiger partial charge in [0.25, 0.3) is 0 Å². The summed E-state index contributed by atoms with van der Waals surface area (Å²) in [6, 6.07) is 10.0. The summed E-state index contributed by atoms with van der Waals surface area (Å²) in [4.78, 5) is 16.0. The van der Waals surface area contributed by atoms with Crippen molar-refractivity contribution >= 4 is 29.7 Å². The molecule has 118 valence electrons. The number of Topliss-reactive ketones (excluding diaryl/α,β-unsaturated/α-hetero) is 1. The third-order valence-electron chi connectivity index (χ3n) is 3.98. The van der Waals surface area contributed by atoms with Crippen LogP contribution in [0, 0.1) is 0 Å². The van der Waals surface area contributed by atoms with Gasteiger partial charge in [0.1, 0.15) is 0 Å². The van der Waals surface area contributed by atoms with Gasteiger partial charge in [-0.05, 0) is 37.5 Å². The zero-order valence-electron chi connectivity index (χ0n) is 12.7. The lowest BCUT2D eigenvalue weighted by Crippen LogP contribution is -2.19. The Labute approximate surface area is 141 Å². The van der Waals surface area contributed by atoms with E-state index in [0.717, 1.165) is 41.3 Å². The highest BCUT2D eigenvalue weighted by molar-refractivity contribution is 7.06. The molecule has 0 unspecified atom stereocenters. The van der Waals surface area contributed by atoms with E-state index in [-0.39, 0.29) is 18.2 Å². The fourth-order valence-electron chi connectivity index (χ4n) is 2.83. The average molecular weight is 337 g/mol. The van der Waals surface area contributed by atoms with E-state index in [1.165, 1.54) is 24.4 Å². The number of likely N-dealkylation sites (tertiary alicyclic amines) is 1. The number of hydrogen-bond acceptors (Lipinski definition) is 4. The molecule has 3 nitrogen and oxygen atoms in total. The molecule has 2 heterocycles. The number of carbonyl (C=O) groups is 1. The molecule has 1 aromatic heterocycles. The van der Waals surface area contributed by atoms with Gasteiger partial charge in [0.15, 0.2) is 5.78 Å². The van der Waals surface area contributed by atoms with Crippen molar-refractivity contribution in [1.29, 1.82) is 0 Å². The van der Waals surface area contributed by atoms with E-state index >= 15 is 0 Å². The van der Waals surface area contributed by atoms with Crippen LogP contribution in [0.5, 0.6) is 0 Å². The number of ketones is 1. The zero-order valence-corrected chi connectivity index (χ0v) is 14.4. The van der Waals surface area contributed by atoms with Gasteiger partial charge < -0.3 is 0 Å². The molecule has 1 saturated heterocycles. The lowest BCUT2D eigenvalue weighted by atomic mass is 10.0. The molecule has 0 spiro atoms. The van der Waals surface area contributed by atoms with Crippen LogP contribution in [0.15, 0.2) is 30.3 Å². The molecule has 1 aliphatic heterocycles. The number of hydrogen-bond donors (Lipinski definition) is 0. The van der Waals surface area contributed by atoms with Crippen molar-refractivity contribution < 1.29 is 4.79 Å². The van der Waals surface area contributed by atoms with Crippen LogP contribution < -0.4 is 0 Å². The maximum atomic E-state index is 12.4. The molecule has 22 heavy (non-hydrogen) atoms. The van der Waals surface area contributed by atoms with Crippen LogP contribution in [0.4, 0.5) is 0 Å². The molecule has 0 atom stereocenters. The van der Waals surface area contributed by atoms with Crippen LogP contribution in [0.25, 0.3) is 11.3 Å². The van der Waals surface area contributed by atoms with E-state index < -0.39 is 0 Å². The maximum Gasteiger partial charge on any atom is 0.166 e. The summed E-state index contributed by atoms with van der Waals surface area (Å²) in [6.07, 6.45) is 3.06. The summed E-state index contributed by atoms with van der Waals surface area (Å²) in [7, 11) is 0. The molecule has 1 aliphatic rings. The predicted molar refractivity (Wildman–Crippen MR) is 93.9 cm³/mol. The van der Waals surface area contributed by atoms with Crippen molar-refractivity contribution in [2.45, 2.75) is 32.7 Å². The van der Waals surface area contributed by atoms with Crippen molar-refractivity contribution in [1.82, 2.24) is 9.27 Å². The Morgan fingerprint density at radius 3 is 2.55 bits per heavy atom. The summed E-state index contributed by atoms with van der Waals surface area (Å²) in [6.45, 7) is 5.07. The molecule has 1 fully saturated rings. The first-order valence-electron chi connectivity index (χ1n) is 7.59. The molecule has 5 heteroatoms. The monoisotopic (exact) mass is 336 g/mol. The van der Waals surface area contributed by atoms with E-state index in [1.54, 1.807) is 0 Å². The Morgan fingerprint density at radius 1 is 1.23 bits per heavy atom. The van der Waals surface area contributed by atoms with Crippen LogP contribution in [0.1, 0.15) is 41.4 Å². The van der Waals surface area contributed by atoms with E-state index in [0.29, 0.717) is 6.42 Å². The standard InChI is InChI=1S/C17H20N2OS.ClH/c1-2-14(20)16-15(12-19-10-6-7-11-19)21-18-17(16)13-8-4-3-5-9-13;/h3-5,8-9H,2,6-7,10-12H2,1H3;1H. The van der Waals surface area contributed by atoms with Crippen LogP contribution in [0.2, 0.25) is 0 Å². The Bertz CT molecular complexity index is 621. The third kappa shape index (κ3) is 3.57. The minimum atomic E-state index is 0. The molecule has 0 aliphatic carbocycles. The molecule has 3 rings (SSSR count). The Kier molecular flexibility index (Phi) is 6.12. The van der Waals surface area contributed by atoms with Gasteiger partial charge in [-0.1, -0.05) is 37.3 Å². The lowest BCUT2D eigenvalue weighted by Gasteiger charge is -2.14. The topological polar surface area (TPSA) is 33.2 Å². The van der Waals surface area contributed by atoms with E-state index in [2.05, 4.69) is 9.27 Å². The molecule has 2 aromatic rings. The second-order valence-electron chi connectivity index (χ2n) is 5.46. The van der Waals surface area contributed by atoms with Gasteiger partial charge in [-0.2, -0.15) is 4.37 Å². The number of aromatic nitrogens is 1. The fraction of sp³-hybridized carbons (Fsp3) is 0.412. The number of rotatable bonds is 5. The largest absolute Gasteiger partial charge is 0.298 e. The number of carbonyl (C=O) groups excluding carboxylic acids is 1. The summed E-state index contributed by atoms with van der Waals surface area (Å²) < 4.78 is 4.59.